The molecule has 0 N–H and O–H groups in total. The van der Waals surface area contributed by atoms with Crippen LogP contribution in [-0.4, -0.2) is 46.1 Å². The van der Waals surface area contributed by atoms with Gasteiger partial charge in [-0.25, -0.2) is 13.2 Å². The lowest BCUT2D eigenvalue weighted by Crippen LogP contribution is -2.31. The Morgan fingerprint density at radius 1 is 1.10 bits per heavy atom. The Labute approximate surface area is 171 Å². The third-order valence-corrected chi connectivity index (χ3v) is 6.90. The van der Waals surface area contributed by atoms with Crippen LogP contribution in [0.3, 0.4) is 0 Å². The average Bonchev–Trinajstić information content (AvgIpc) is 3.24. The largest absolute Gasteiger partial charge is 0.497 e. The van der Waals surface area contributed by atoms with E-state index >= 15 is 0 Å². The van der Waals surface area contributed by atoms with E-state index in [1.807, 2.05) is 6.07 Å². The van der Waals surface area contributed by atoms with Crippen molar-refractivity contribution in [3.05, 3.63) is 53.6 Å². The standard InChI is InChI=1S/C21H25NO6S/c1-4-28-21(23)15-7-10-17(11-8-15)29(24,25)22-13-5-6-19(22)18-12-9-16(26-2)14-20(18)27-3/h7-12,14,19H,4-6,13H2,1-3H3. The van der Waals surface area contributed by atoms with Crippen molar-refractivity contribution in [1.29, 1.82) is 0 Å². The van der Waals surface area contributed by atoms with Gasteiger partial charge in [-0.1, -0.05) is 6.07 Å². The smallest absolute Gasteiger partial charge is 0.338 e. The number of hydrogen-bond donors (Lipinski definition) is 0. The summed E-state index contributed by atoms with van der Waals surface area (Å²) in [6, 6.07) is 10.9. The van der Waals surface area contributed by atoms with Crippen LogP contribution in [0, 0.1) is 0 Å². The van der Waals surface area contributed by atoms with E-state index in [0.717, 1.165) is 12.0 Å². The van der Waals surface area contributed by atoms with Gasteiger partial charge in [0.25, 0.3) is 0 Å². The van der Waals surface area contributed by atoms with Crippen molar-refractivity contribution in [2.24, 2.45) is 0 Å². The summed E-state index contributed by atoms with van der Waals surface area (Å²) in [4.78, 5) is 12.0. The topological polar surface area (TPSA) is 82.1 Å². The van der Waals surface area contributed by atoms with Gasteiger partial charge in [0.2, 0.25) is 10.0 Å². The van der Waals surface area contributed by atoms with E-state index in [1.54, 1.807) is 33.3 Å². The Bertz CT molecular complexity index is 971. The van der Waals surface area contributed by atoms with Crippen LogP contribution >= 0.6 is 0 Å². The summed E-state index contributed by atoms with van der Waals surface area (Å²) in [7, 11) is -0.611. The number of rotatable bonds is 7. The van der Waals surface area contributed by atoms with E-state index in [-0.39, 0.29) is 17.5 Å². The summed E-state index contributed by atoms with van der Waals surface area (Å²) >= 11 is 0. The number of carbonyl (C=O) groups excluding carboxylic acids is 1. The van der Waals surface area contributed by atoms with E-state index in [2.05, 4.69) is 0 Å². The molecule has 7 nitrogen and oxygen atoms in total. The lowest BCUT2D eigenvalue weighted by Gasteiger charge is -2.26. The van der Waals surface area contributed by atoms with E-state index < -0.39 is 16.0 Å². The number of esters is 1. The average molecular weight is 419 g/mol. The molecule has 1 unspecified atom stereocenters. The first kappa shape index (κ1) is 21.1. The van der Waals surface area contributed by atoms with Crippen molar-refractivity contribution < 1.29 is 27.4 Å². The third kappa shape index (κ3) is 4.23. The van der Waals surface area contributed by atoms with Crippen LogP contribution in [0.4, 0.5) is 0 Å². The molecular weight excluding hydrogens is 394 g/mol. The highest BCUT2D eigenvalue weighted by atomic mass is 32.2. The molecule has 0 saturated carbocycles. The predicted octanol–water partition coefficient (Wildman–Crippen LogP) is 3.41. The number of hydrogen-bond acceptors (Lipinski definition) is 6. The second kappa shape index (κ2) is 8.84. The molecule has 1 heterocycles. The maximum Gasteiger partial charge on any atom is 0.338 e. The molecular formula is C21H25NO6S. The van der Waals surface area contributed by atoms with Gasteiger partial charge < -0.3 is 14.2 Å². The molecule has 156 valence electrons. The Balaban J connectivity index is 1.91. The van der Waals surface area contributed by atoms with E-state index in [9.17, 15) is 13.2 Å². The summed E-state index contributed by atoms with van der Waals surface area (Å²) in [5, 5.41) is 0. The molecule has 0 aliphatic carbocycles. The molecule has 1 fully saturated rings. The van der Waals surface area contributed by atoms with Crippen molar-refractivity contribution in [2.75, 3.05) is 27.4 Å². The fraction of sp³-hybridized carbons (Fsp3) is 0.381. The first-order chi connectivity index (χ1) is 13.9. The summed E-state index contributed by atoms with van der Waals surface area (Å²) in [5.74, 6) is 0.764. The maximum absolute atomic E-state index is 13.3. The number of methoxy groups -OCH3 is 2. The van der Waals surface area contributed by atoms with Gasteiger partial charge in [-0.15, -0.1) is 0 Å². The molecule has 2 aromatic rings. The maximum atomic E-state index is 13.3. The first-order valence-corrected chi connectivity index (χ1v) is 10.9. The summed E-state index contributed by atoms with van der Waals surface area (Å²) < 4.78 is 43.7. The lowest BCUT2D eigenvalue weighted by atomic mass is 10.0. The second-order valence-corrected chi connectivity index (χ2v) is 8.52. The van der Waals surface area contributed by atoms with E-state index in [4.69, 9.17) is 14.2 Å². The first-order valence-electron chi connectivity index (χ1n) is 9.43. The molecule has 1 aliphatic rings. The normalized spacial score (nSPS) is 17.1. The minimum Gasteiger partial charge on any atom is -0.497 e. The summed E-state index contributed by atoms with van der Waals surface area (Å²) in [6.07, 6.45) is 1.45. The minimum absolute atomic E-state index is 0.143. The molecule has 1 aliphatic heterocycles. The summed E-state index contributed by atoms with van der Waals surface area (Å²) in [6.45, 7) is 2.40. The number of sulfonamides is 1. The van der Waals surface area contributed by atoms with Crippen LogP contribution in [0.5, 0.6) is 11.5 Å². The molecule has 0 aromatic heterocycles. The van der Waals surface area contributed by atoms with Crippen molar-refractivity contribution in [3.63, 3.8) is 0 Å². The molecule has 0 amide bonds. The fourth-order valence-electron chi connectivity index (χ4n) is 3.55. The number of ether oxygens (including phenoxy) is 3. The SMILES string of the molecule is CCOC(=O)c1ccc(S(=O)(=O)N2CCCC2c2ccc(OC)cc2OC)cc1. The Morgan fingerprint density at radius 2 is 1.83 bits per heavy atom. The highest BCUT2D eigenvalue weighted by Crippen LogP contribution is 2.41. The van der Waals surface area contributed by atoms with Crippen LogP contribution in [-0.2, 0) is 14.8 Å². The van der Waals surface area contributed by atoms with Crippen molar-refractivity contribution in [2.45, 2.75) is 30.7 Å². The van der Waals surface area contributed by atoms with Crippen LogP contribution in [0.25, 0.3) is 0 Å². The Hall–Kier alpha value is -2.58. The molecule has 1 atom stereocenters. The Kier molecular flexibility index (Phi) is 6.44. The third-order valence-electron chi connectivity index (χ3n) is 4.98. The van der Waals surface area contributed by atoms with Crippen LogP contribution in [0.2, 0.25) is 0 Å². The number of nitrogens with zero attached hydrogens (tertiary/aromatic N) is 1. The zero-order valence-electron chi connectivity index (χ0n) is 16.8. The van der Waals surface area contributed by atoms with Gasteiger partial charge >= 0.3 is 5.97 Å². The highest BCUT2D eigenvalue weighted by Gasteiger charge is 2.37. The van der Waals surface area contributed by atoms with Gasteiger partial charge in [0.1, 0.15) is 11.5 Å². The van der Waals surface area contributed by atoms with Gasteiger partial charge in [0, 0.05) is 18.2 Å². The molecule has 0 bridgehead atoms. The Morgan fingerprint density at radius 3 is 2.45 bits per heavy atom. The molecule has 2 aromatic carbocycles. The summed E-state index contributed by atoms with van der Waals surface area (Å²) in [5.41, 5.74) is 1.12. The van der Waals surface area contributed by atoms with Crippen LogP contribution in [0.1, 0.15) is 41.7 Å². The highest BCUT2D eigenvalue weighted by molar-refractivity contribution is 7.89. The molecule has 1 saturated heterocycles. The van der Waals surface area contributed by atoms with Gasteiger partial charge in [-0.3, -0.25) is 0 Å². The number of carbonyl (C=O) groups is 1. The van der Waals surface area contributed by atoms with Gasteiger partial charge in [0.15, 0.2) is 0 Å². The van der Waals surface area contributed by atoms with Crippen LogP contribution in [0.15, 0.2) is 47.4 Å². The predicted molar refractivity (Wildman–Crippen MR) is 108 cm³/mol. The molecule has 8 heteroatoms. The monoisotopic (exact) mass is 419 g/mol. The van der Waals surface area contributed by atoms with Crippen molar-refractivity contribution >= 4 is 16.0 Å². The molecule has 0 spiro atoms. The molecule has 0 radical (unpaired) electrons. The number of benzene rings is 2. The molecule has 29 heavy (non-hydrogen) atoms. The molecule has 3 rings (SSSR count). The minimum atomic E-state index is -3.74. The quantitative estimate of drug-likeness (QED) is 0.640. The van der Waals surface area contributed by atoms with Gasteiger partial charge in [-0.2, -0.15) is 4.31 Å². The van der Waals surface area contributed by atoms with Gasteiger partial charge in [0.05, 0.1) is 37.3 Å². The zero-order chi connectivity index (χ0) is 21.0. The van der Waals surface area contributed by atoms with Crippen molar-refractivity contribution in [3.8, 4) is 11.5 Å². The van der Waals surface area contributed by atoms with Crippen molar-refractivity contribution in [1.82, 2.24) is 4.31 Å². The van der Waals surface area contributed by atoms with Gasteiger partial charge in [-0.05, 0) is 50.1 Å². The fourth-order valence-corrected chi connectivity index (χ4v) is 5.22. The lowest BCUT2D eigenvalue weighted by molar-refractivity contribution is 0.0526. The van der Waals surface area contributed by atoms with E-state index in [0.29, 0.717) is 30.0 Å². The van der Waals surface area contributed by atoms with Crippen LogP contribution < -0.4 is 9.47 Å². The second-order valence-electron chi connectivity index (χ2n) is 6.63. The zero-order valence-corrected chi connectivity index (χ0v) is 17.6. The van der Waals surface area contributed by atoms with E-state index in [1.165, 1.54) is 28.6 Å².